The molecule has 5 heteroatoms. The average molecular weight is 278 g/mol. The molecule has 1 atom stereocenters. The number of carboxylic acid groups (broad SMARTS) is 1. The molecule has 0 spiro atoms. The van der Waals surface area contributed by atoms with Gasteiger partial charge in [0.2, 0.25) is 5.91 Å². The van der Waals surface area contributed by atoms with Crippen molar-refractivity contribution in [2.24, 2.45) is 11.1 Å². The Bertz CT molecular complexity index is 492. The zero-order chi connectivity index (χ0) is 15.3. The van der Waals surface area contributed by atoms with Gasteiger partial charge in [0.15, 0.2) is 0 Å². The lowest BCUT2D eigenvalue weighted by Crippen LogP contribution is -2.49. The predicted octanol–water partition coefficient (Wildman–Crippen LogP) is 1.42. The van der Waals surface area contributed by atoms with Crippen LogP contribution in [-0.2, 0) is 11.2 Å². The molecule has 5 nitrogen and oxygen atoms in total. The second kappa shape index (κ2) is 6.52. The van der Waals surface area contributed by atoms with Crippen LogP contribution in [0.4, 0.5) is 0 Å². The Hall–Kier alpha value is -1.88. The van der Waals surface area contributed by atoms with Gasteiger partial charge in [-0.15, -0.1) is 0 Å². The Morgan fingerprint density at radius 1 is 1.30 bits per heavy atom. The lowest BCUT2D eigenvalue weighted by atomic mass is 9.87. The summed E-state index contributed by atoms with van der Waals surface area (Å²) in [4.78, 5) is 22.9. The van der Waals surface area contributed by atoms with Gasteiger partial charge in [0.25, 0.3) is 0 Å². The molecule has 0 aliphatic carbocycles. The molecule has 0 fully saturated rings. The summed E-state index contributed by atoms with van der Waals surface area (Å²) in [7, 11) is 0. The van der Waals surface area contributed by atoms with Crippen LogP contribution in [0.5, 0.6) is 0 Å². The zero-order valence-electron chi connectivity index (χ0n) is 12.1. The largest absolute Gasteiger partial charge is 0.478 e. The number of benzene rings is 1. The van der Waals surface area contributed by atoms with E-state index >= 15 is 0 Å². The van der Waals surface area contributed by atoms with Crippen molar-refractivity contribution in [3.8, 4) is 0 Å². The summed E-state index contributed by atoms with van der Waals surface area (Å²) in [5, 5.41) is 11.8. The molecule has 0 unspecified atom stereocenters. The van der Waals surface area contributed by atoms with Gasteiger partial charge in [0.1, 0.15) is 0 Å². The summed E-state index contributed by atoms with van der Waals surface area (Å²) in [5.74, 6) is -1.18. The number of nitrogens with one attached hydrogen (secondary N) is 1. The van der Waals surface area contributed by atoms with Crippen LogP contribution in [0.2, 0.25) is 0 Å². The smallest absolute Gasteiger partial charge is 0.335 e. The third-order valence-electron chi connectivity index (χ3n) is 3.16. The van der Waals surface area contributed by atoms with E-state index in [1.54, 1.807) is 24.3 Å². The maximum Gasteiger partial charge on any atom is 0.335 e. The number of amides is 1. The molecular weight excluding hydrogens is 256 g/mol. The first kappa shape index (κ1) is 16.2. The highest BCUT2D eigenvalue weighted by Crippen LogP contribution is 2.17. The van der Waals surface area contributed by atoms with Crippen molar-refractivity contribution in [3.05, 3.63) is 35.4 Å². The highest BCUT2D eigenvalue weighted by atomic mass is 16.4. The van der Waals surface area contributed by atoms with Crippen molar-refractivity contribution in [2.75, 3.05) is 6.54 Å². The monoisotopic (exact) mass is 278 g/mol. The first-order valence-electron chi connectivity index (χ1n) is 6.58. The van der Waals surface area contributed by atoms with Gasteiger partial charge in [-0.3, -0.25) is 4.79 Å². The molecule has 1 rings (SSSR count). The summed E-state index contributed by atoms with van der Waals surface area (Å²) in [5.41, 5.74) is 6.51. The number of hydrogen-bond donors (Lipinski definition) is 3. The lowest BCUT2D eigenvalue weighted by Gasteiger charge is -2.25. The Kier molecular flexibility index (Phi) is 5.27. The lowest BCUT2D eigenvalue weighted by molar-refractivity contribution is -0.124. The maximum absolute atomic E-state index is 11.8. The molecule has 110 valence electrons. The van der Waals surface area contributed by atoms with Gasteiger partial charge in [0, 0.05) is 6.54 Å². The average Bonchev–Trinajstić information content (AvgIpc) is 2.37. The molecule has 0 aromatic heterocycles. The minimum Gasteiger partial charge on any atom is -0.478 e. The molecular formula is C15H22N2O3. The minimum atomic E-state index is -0.960. The van der Waals surface area contributed by atoms with Gasteiger partial charge in [-0.05, 0) is 23.5 Å². The standard InChI is InChI=1S/C15H22N2O3/c1-15(2,3)12(16)13(18)17-9-8-10-6-4-5-7-11(10)14(19)20/h4-7,12H,8-9,16H2,1-3H3,(H,17,18)(H,19,20)/t12-/m0/s1. The highest BCUT2D eigenvalue weighted by Gasteiger charge is 2.27. The topological polar surface area (TPSA) is 92.4 Å². The molecule has 1 aromatic carbocycles. The Morgan fingerprint density at radius 2 is 1.90 bits per heavy atom. The van der Waals surface area contributed by atoms with Crippen LogP contribution in [0, 0.1) is 5.41 Å². The molecule has 0 saturated carbocycles. The third kappa shape index (κ3) is 4.35. The van der Waals surface area contributed by atoms with E-state index < -0.39 is 12.0 Å². The van der Waals surface area contributed by atoms with Crippen molar-refractivity contribution < 1.29 is 14.7 Å². The Morgan fingerprint density at radius 3 is 2.45 bits per heavy atom. The van der Waals surface area contributed by atoms with E-state index in [1.807, 2.05) is 20.8 Å². The van der Waals surface area contributed by atoms with Gasteiger partial charge in [-0.1, -0.05) is 39.0 Å². The molecule has 1 amide bonds. The fourth-order valence-corrected chi connectivity index (χ4v) is 1.77. The Labute approximate surface area is 119 Å². The van der Waals surface area contributed by atoms with Crippen molar-refractivity contribution in [3.63, 3.8) is 0 Å². The zero-order valence-corrected chi connectivity index (χ0v) is 12.1. The van der Waals surface area contributed by atoms with Crippen molar-refractivity contribution in [2.45, 2.75) is 33.2 Å². The highest BCUT2D eigenvalue weighted by molar-refractivity contribution is 5.89. The molecule has 4 N–H and O–H groups in total. The van der Waals surface area contributed by atoms with Gasteiger partial charge in [-0.2, -0.15) is 0 Å². The molecule has 1 aromatic rings. The summed E-state index contributed by atoms with van der Waals surface area (Å²) < 4.78 is 0. The summed E-state index contributed by atoms with van der Waals surface area (Å²) in [6.45, 7) is 6.07. The number of nitrogens with two attached hydrogens (primary N) is 1. The van der Waals surface area contributed by atoms with E-state index in [1.165, 1.54) is 0 Å². The molecule has 0 aliphatic heterocycles. The van der Waals surface area contributed by atoms with E-state index in [9.17, 15) is 9.59 Å². The van der Waals surface area contributed by atoms with Gasteiger partial charge >= 0.3 is 5.97 Å². The van der Waals surface area contributed by atoms with E-state index in [0.29, 0.717) is 18.5 Å². The molecule has 0 heterocycles. The fraction of sp³-hybridized carbons (Fsp3) is 0.467. The second-order valence-electron chi connectivity index (χ2n) is 5.85. The van der Waals surface area contributed by atoms with Crippen LogP contribution in [0.25, 0.3) is 0 Å². The first-order chi connectivity index (χ1) is 9.23. The van der Waals surface area contributed by atoms with E-state index in [2.05, 4.69) is 5.32 Å². The van der Waals surface area contributed by atoms with E-state index in [0.717, 1.165) is 0 Å². The van der Waals surface area contributed by atoms with Crippen LogP contribution < -0.4 is 11.1 Å². The quantitative estimate of drug-likeness (QED) is 0.759. The van der Waals surface area contributed by atoms with E-state index in [-0.39, 0.29) is 16.9 Å². The van der Waals surface area contributed by atoms with Crippen LogP contribution in [-0.4, -0.2) is 29.6 Å². The number of carbonyl (C=O) groups excluding carboxylic acids is 1. The van der Waals surface area contributed by atoms with Crippen LogP contribution >= 0.6 is 0 Å². The van der Waals surface area contributed by atoms with Crippen molar-refractivity contribution in [1.82, 2.24) is 5.32 Å². The van der Waals surface area contributed by atoms with Gasteiger partial charge in [0.05, 0.1) is 11.6 Å². The van der Waals surface area contributed by atoms with Crippen LogP contribution in [0.3, 0.4) is 0 Å². The number of carboxylic acids is 1. The fourth-order valence-electron chi connectivity index (χ4n) is 1.77. The first-order valence-corrected chi connectivity index (χ1v) is 6.58. The molecule has 0 saturated heterocycles. The summed E-state index contributed by atoms with van der Waals surface area (Å²) in [6, 6.07) is 6.18. The van der Waals surface area contributed by atoms with Crippen LogP contribution in [0.1, 0.15) is 36.7 Å². The number of rotatable bonds is 5. The minimum absolute atomic E-state index is 0.217. The summed E-state index contributed by atoms with van der Waals surface area (Å²) in [6.07, 6.45) is 0.463. The molecule has 0 aliphatic rings. The molecule has 0 radical (unpaired) electrons. The van der Waals surface area contributed by atoms with Gasteiger partial charge in [-0.25, -0.2) is 4.79 Å². The molecule has 0 bridgehead atoms. The third-order valence-corrected chi connectivity index (χ3v) is 3.16. The summed E-state index contributed by atoms with van der Waals surface area (Å²) >= 11 is 0. The second-order valence-corrected chi connectivity index (χ2v) is 5.85. The van der Waals surface area contributed by atoms with Gasteiger partial charge < -0.3 is 16.2 Å². The van der Waals surface area contributed by atoms with Crippen molar-refractivity contribution >= 4 is 11.9 Å². The number of carbonyl (C=O) groups is 2. The van der Waals surface area contributed by atoms with Crippen LogP contribution in [0.15, 0.2) is 24.3 Å². The van der Waals surface area contributed by atoms with E-state index in [4.69, 9.17) is 10.8 Å². The molecule has 20 heavy (non-hydrogen) atoms. The Balaban J connectivity index is 2.58. The number of aromatic carboxylic acids is 1. The van der Waals surface area contributed by atoms with Crippen molar-refractivity contribution in [1.29, 1.82) is 0 Å². The predicted molar refractivity (Wildman–Crippen MR) is 77.5 cm³/mol. The SMILES string of the molecule is CC(C)(C)[C@@H](N)C(=O)NCCc1ccccc1C(=O)O. The maximum atomic E-state index is 11.8. The normalized spacial score (nSPS) is 12.8. The number of hydrogen-bond acceptors (Lipinski definition) is 3.